The van der Waals surface area contributed by atoms with Gasteiger partial charge in [-0.15, -0.1) is 0 Å². The number of carbonyl (C=O) groups excluding carboxylic acids is 1. The Bertz CT molecular complexity index is 403. The van der Waals surface area contributed by atoms with E-state index in [1.54, 1.807) is 0 Å². The summed E-state index contributed by atoms with van der Waals surface area (Å²) in [6.07, 6.45) is 4.22. The fraction of sp³-hybridized carbons (Fsp3) is 0.857. The molecule has 0 aromatic rings. The lowest BCUT2D eigenvalue weighted by Crippen LogP contribution is -2.50. The van der Waals surface area contributed by atoms with Gasteiger partial charge >= 0.3 is 5.97 Å². The first-order valence-corrected chi connectivity index (χ1v) is 7.29. The Hall–Kier alpha value is -1.10. The van der Waals surface area contributed by atoms with Crippen molar-refractivity contribution in [2.24, 2.45) is 11.3 Å². The van der Waals surface area contributed by atoms with Gasteiger partial charge in [-0.05, 0) is 45.2 Å². The second-order valence-electron chi connectivity index (χ2n) is 6.50. The van der Waals surface area contributed by atoms with Gasteiger partial charge in [-0.1, -0.05) is 6.92 Å². The van der Waals surface area contributed by atoms with E-state index in [0.29, 0.717) is 6.42 Å². The minimum Gasteiger partial charge on any atom is -0.481 e. The molecule has 3 aliphatic heterocycles. The summed E-state index contributed by atoms with van der Waals surface area (Å²) in [4.78, 5) is 26.1. The zero-order valence-electron chi connectivity index (χ0n) is 11.4. The number of carboxylic acids is 1. The topological polar surface area (TPSA) is 69.6 Å². The molecule has 3 atom stereocenters. The molecule has 106 valence electrons. The van der Waals surface area contributed by atoms with Crippen LogP contribution in [0.2, 0.25) is 0 Å². The van der Waals surface area contributed by atoms with E-state index < -0.39 is 5.97 Å². The zero-order valence-corrected chi connectivity index (χ0v) is 11.4. The van der Waals surface area contributed by atoms with Crippen molar-refractivity contribution in [2.75, 3.05) is 13.1 Å². The monoisotopic (exact) mass is 266 g/mol. The van der Waals surface area contributed by atoms with Crippen molar-refractivity contribution in [1.82, 2.24) is 10.2 Å². The van der Waals surface area contributed by atoms with Crippen molar-refractivity contribution in [3.63, 3.8) is 0 Å². The first-order valence-electron chi connectivity index (χ1n) is 7.29. The van der Waals surface area contributed by atoms with Gasteiger partial charge in [0.2, 0.25) is 5.91 Å². The summed E-state index contributed by atoms with van der Waals surface area (Å²) in [6.45, 7) is 3.81. The number of hydrogen-bond donors (Lipinski definition) is 2. The van der Waals surface area contributed by atoms with Crippen molar-refractivity contribution in [2.45, 2.75) is 51.1 Å². The molecule has 3 heterocycles. The van der Waals surface area contributed by atoms with Crippen LogP contribution in [0.1, 0.15) is 39.0 Å². The van der Waals surface area contributed by atoms with E-state index in [0.717, 1.165) is 38.8 Å². The highest BCUT2D eigenvalue weighted by Crippen LogP contribution is 2.45. The molecule has 3 rings (SSSR count). The molecule has 3 saturated heterocycles. The highest BCUT2D eigenvalue weighted by atomic mass is 16.4. The number of hydrogen-bond acceptors (Lipinski definition) is 3. The van der Waals surface area contributed by atoms with Crippen LogP contribution in [0, 0.1) is 11.3 Å². The van der Waals surface area contributed by atoms with Crippen molar-refractivity contribution in [1.29, 1.82) is 0 Å². The smallest absolute Gasteiger partial charge is 0.308 e. The van der Waals surface area contributed by atoms with Crippen molar-refractivity contribution < 1.29 is 14.7 Å². The molecule has 1 amide bonds. The Kier molecular flexibility index (Phi) is 3.04. The summed E-state index contributed by atoms with van der Waals surface area (Å²) in [5.41, 5.74) is -0.292. The maximum atomic E-state index is 12.9. The minimum atomic E-state index is -0.736. The SMILES string of the molecule is CC1(C(=O)N2C3CCC2C(C(=O)O)C3)CCNCC1. The molecule has 5 nitrogen and oxygen atoms in total. The van der Waals surface area contributed by atoms with Gasteiger partial charge in [-0.2, -0.15) is 0 Å². The van der Waals surface area contributed by atoms with Crippen LogP contribution in [0.25, 0.3) is 0 Å². The van der Waals surface area contributed by atoms with E-state index in [9.17, 15) is 14.7 Å². The number of nitrogens with zero attached hydrogens (tertiary/aromatic N) is 1. The number of carboxylic acid groups (broad SMARTS) is 1. The number of nitrogens with one attached hydrogen (secondary N) is 1. The average Bonchev–Trinajstić information content (AvgIpc) is 2.96. The van der Waals surface area contributed by atoms with Gasteiger partial charge in [0.1, 0.15) is 0 Å². The van der Waals surface area contributed by atoms with Crippen LogP contribution in [-0.4, -0.2) is 47.1 Å². The second kappa shape index (κ2) is 4.47. The van der Waals surface area contributed by atoms with Crippen LogP contribution in [0.15, 0.2) is 0 Å². The van der Waals surface area contributed by atoms with E-state index in [1.165, 1.54) is 0 Å². The summed E-state index contributed by atoms with van der Waals surface area (Å²) in [5, 5.41) is 12.5. The number of rotatable bonds is 2. The molecule has 3 aliphatic rings. The Morgan fingerprint density at radius 3 is 2.53 bits per heavy atom. The summed E-state index contributed by atoms with van der Waals surface area (Å²) in [5.74, 6) is -0.876. The Morgan fingerprint density at radius 1 is 1.26 bits per heavy atom. The van der Waals surface area contributed by atoms with E-state index in [1.807, 2.05) is 11.8 Å². The van der Waals surface area contributed by atoms with Gasteiger partial charge in [-0.25, -0.2) is 0 Å². The predicted molar refractivity (Wildman–Crippen MR) is 69.6 cm³/mol. The molecule has 0 radical (unpaired) electrons. The molecule has 3 unspecified atom stereocenters. The van der Waals surface area contributed by atoms with Gasteiger partial charge < -0.3 is 15.3 Å². The molecule has 2 bridgehead atoms. The second-order valence-corrected chi connectivity index (χ2v) is 6.50. The quantitative estimate of drug-likeness (QED) is 0.777. The fourth-order valence-electron chi connectivity index (χ4n) is 4.07. The largest absolute Gasteiger partial charge is 0.481 e. The molecule has 0 spiro atoms. The third-order valence-electron chi connectivity index (χ3n) is 5.31. The van der Waals surface area contributed by atoms with E-state index >= 15 is 0 Å². The van der Waals surface area contributed by atoms with Crippen molar-refractivity contribution in [3.8, 4) is 0 Å². The maximum Gasteiger partial charge on any atom is 0.308 e. The van der Waals surface area contributed by atoms with E-state index in [4.69, 9.17) is 0 Å². The van der Waals surface area contributed by atoms with Gasteiger partial charge in [0.15, 0.2) is 0 Å². The lowest BCUT2D eigenvalue weighted by Gasteiger charge is -2.38. The average molecular weight is 266 g/mol. The van der Waals surface area contributed by atoms with Gasteiger partial charge in [0, 0.05) is 17.5 Å². The first-order chi connectivity index (χ1) is 9.03. The molecule has 3 fully saturated rings. The molecule has 2 N–H and O–H groups in total. The number of fused-ring (bicyclic) bond motifs is 2. The summed E-state index contributed by atoms with van der Waals surface area (Å²) < 4.78 is 0. The third-order valence-corrected chi connectivity index (χ3v) is 5.31. The van der Waals surface area contributed by atoms with Crippen LogP contribution in [0.4, 0.5) is 0 Å². The lowest BCUT2D eigenvalue weighted by molar-refractivity contribution is -0.146. The van der Waals surface area contributed by atoms with Crippen LogP contribution in [-0.2, 0) is 9.59 Å². The minimum absolute atomic E-state index is 0.0540. The zero-order chi connectivity index (χ0) is 13.6. The Balaban J connectivity index is 1.79. The lowest BCUT2D eigenvalue weighted by atomic mass is 9.79. The summed E-state index contributed by atoms with van der Waals surface area (Å²) >= 11 is 0. The molecular formula is C14H22N2O3. The third kappa shape index (κ3) is 1.95. The molecule has 0 aromatic carbocycles. The van der Waals surface area contributed by atoms with Gasteiger partial charge in [0.25, 0.3) is 0 Å². The highest BCUT2D eigenvalue weighted by Gasteiger charge is 2.54. The predicted octanol–water partition coefficient (Wildman–Crippen LogP) is 0.840. The van der Waals surface area contributed by atoms with Gasteiger partial charge in [0.05, 0.1) is 5.92 Å². The Morgan fingerprint density at radius 2 is 1.95 bits per heavy atom. The Labute approximate surface area is 113 Å². The molecular weight excluding hydrogens is 244 g/mol. The van der Waals surface area contributed by atoms with E-state index in [2.05, 4.69) is 5.32 Å². The van der Waals surface area contributed by atoms with E-state index in [-0.39, 0.29) is 29.3 Å². The van der Waals surface area contributed by atoms with Crippen LogP contribution >= 0.6 is 0 Å². The maximum absolute atomic E-state index is 12.9. The highest BCUT2D eigenvalue weighted by molar-refractivity contribution is 5.85. The molecule has 0 aromatic heterocycles. The molecule has 0 aliphatic carbocycles. The van der Waals surface area contributed by atoms with Crippen molar-refractivity contribution >= 4 is 11.9 Å². The number of carbonyl (C=O) groups is 2. The summed E-state index contributed by atoms with van der Waals surface area (Å²) in [7, 11) is 0. The van der Waals surface area contributed by atoms with Crippen LogP contribution < -0.4 is 5.32 Å². The van der Waals surface area contributed by atoms with Crippen molar-refractivity contribution in [3.05, 3.63) is 0 Å². The molecule has 0 saturated carbocycles. The summed E-state index contributed by atoms with van der Waals surface area (Å²) in [6, 6.07) is 0.118. The standard InChI is InChI=1S/C14H22N2O3/c1-14(4-6-15-7-5-14)13(19)16-9-2-3-11(16)10(8-9)12(17)18/h9-11,15H,2-8H2,1H3,(H,17,18). The number of aliphatic carboxylic acids is 1. The normalized spacial score (nSPS) is 36.5. The van der Waals surface area contributed by atoms with Gasteiger partial charge in [-0.3, -0.25) is 9.59 Å². The number of amides is 1. The first kappa shape index (κ1) is 12.9. The molecule has 5 heteroatoms. The number of piperidine rings is 1. The molecule has 19 heavy (non-hydrogen) atoms. The fourth-order valence-corrected chi connectivity index (χ4v) is 4.07. The van der Waals surface area contributed by atoms with Crippen LogP contribution in [0.5, 0.6) is 0 Å². The van der Waals surface area contributed by atoms with Crippen LogP contribution in [0.3, 0.4) is 0 Å².